The van der Waals surface area contributed by atoms with E-state index in [1.54, 1.807) is 12.1 Å². The van der Waals surface area contributed by atoms with Crippen molar-refractivity contribution in [3.63, 3.8) is 0 Å². The molecule has 0 bridgehead atoms. The third kappa shape index (κ3) is 4.44. The first-order chi connectivity index (χ1) is 9.95. The van der Waals surface area contributed by atoms with Gasteiger partial charge < -0.3 is 16.0 Å². The average Bonchev–Trinajstić information content (AvgIpc) is 2.85. The molecule has 3 N–H and O–H groups in total. The van der Waals surface area contributed by atoms with Crippen LogP contribution in [-0.4, -0.2) is 55.5 Å². The number of rotatable bonds is 5. The number of benzene rings is 1. The molecule has 1 aromatic carbocycles. The Kier molecular flexibility index (Phi) is 5.20. The molecule has 21 heavy (non-hydrogen) atoms. The van der Waals surface area contributed by atoms with Crippen molar-refractivity contribution in [2.24, 2.45) is 5.92 Å². The third-order valence-corrected chi connectivity index (χ3v) is 4.25. The van der Waals surface area contributed by atoms with Crippen LogP contribution in [0.3, 0.4) is 0 Å². The van der Waals surface area contributed by atoms with Gasteiger partial charge in [-0.25, -0.2) is 0 Å². The van der Waals surface area contributed by atoms with Gasteiger partial charge in [0.15, 0.2) is 0 Å². The molecule has 1 fully saturated rings. The number of amides is 1. The van der Waals surface area contributed by atoms with Gasteiger partial charge in [-0.2, -0.15) is 0 Å². The van der Waals surface area contributed by atoms with Gasteiger partial charge in [0.05, 0.1) is 6.04 Å². The standard InChI is InChI=1S/C16H26N4O/c1-12(20(3)11-13-8-9-19(2)10-13)16(21)18-15-6-4-14(17)5-7-15/h4-7,12-13H,8-11,17H2,1-3H3,(H,18,21). The summed E-state index contributed by atoms with van der Waals surface area (Å²) in [6, 6.07) is 7.09. The SMILES string of the molecule is CC(C(=O)Nc1ccc(N)cc1)N(C)CC1CCN(C)C1. The summed E-state index contributed by atoms with van der Waals surface area (Å²) in [6.45, 7) is 5.19. The Morgan fingerprint density at radius 1 is 1.48 bits per heavy atom. The predicted octanol–water partition coefficient (Wildman–Crippen LogP) is 1.48. The number of likely N-dealkylation sites (tertiary alicyclic amines) is 1. The summed E-state index contributed by atoms with van der Waals surface area (Å²) >= 11 is 0. The number of nitrogen functional groups attached to an aromatic ring is 1. The van der Waals surface area contributed by atoms with Crippen molar-refractivity contribution in [1.82, 2.24) is 9.80 Å². The minimum absolute atomic E-state index is 0.0219. The van der Waals surface area contributed by atoms with Crippen molar-refractivity contribution in [2.45, 2.75) is 19.4 Å². The van der Waals surface area contributed by atoms with E-state index in [9.17, 15) is 4.79 Å². The maximum absolute atomic E-state index is 12.3. The molecule has 0 saturated carbocycles. The van der Waals surface area contributed by atoms with Gasteiger partial charge in [0.2, 0.25) is 5.91 Å². The summed E-state index contributed by atoms with van der Waals surface area (Å²) in [5.74, 6) is 0.681. The zero-order valence-electron chi connectivity index (χ0n) is 13.2. The zero-order valence-corrected chi connectivity index (χ0v) is 13.2. The Morgan fingerprint density at radius 3 is 2.71 bits per heavy atom. The number of anilines is 2. The van der Waals surface area contributed by atoms with E-state index >= 15 is 0 Å². The van der Waals surface area contributed by atoms with Crippen LogP contribution >= 0.6 is 0 Å². The summed E-state index contributed by atoms with van der Waals surface area (Å²) in [5, 5.41) is 2.94. The Hall–Kier alpha value is -1.59. The van der Waals surface area contributed by atoms with E-state index in [1.807, 2.05) is 26.1 Å². The topological polar surface area (TPSA) is 61.6 Å². The number of nitrogens with zero attached hydrogens (tertiary/aromatic N) is 2. The molecule has 0 spiro atoms. The largest absolute Gasteiger partial charge is 0.399 e. The molecular weight excluding hydrogens is 264 g/mol. The van der Waals surface area contributed by atoms with Gasteiger partial charge >= 0.3 is 0 Å². The molecule has 0 aliphatic carbocycles. The summed E-state index contributed by atoms with van der Waals surface area (Å²) in [4.78, 5) is 16.8. The monoisotopic (exact) mass is 290 g/mol. The molecule has 0 radical (unpaired) electrons. The minimum Gasteiger partial charge on any atom is -0.399 e. The summed E-state index contributed by atoms with van der Waals surface area (Å²) < 4.78 is 0. The molecule has 0 aromatic heterocycles. The third-order valence-electron chi connectivity index (χ3n) is 4.25. The Labute approximate surface area is 127 Å². The fourth-order valence-electron chi connectivity index (χ4n) is 2.75. The van der Waals surface area contributed by atoms with Gasteiger partial charge in [-0.3, -0.25) is 9.69 Å². The highest BCUT2D eigenvalue weighted by molar-refractivity contribution is 5.94. The van der Waals surface area contributed by atoms with Crippen molar-refractivity contribution in [3.8, 4) is 0 Å². The van der Waals surface area contributed by atoms with Crippen LogP contribution in [0.15, 0.2) is 24.3 Å². The lowest BCUT2D eigenvalue weighted by Gasteiger charge is -2.26. The van der Waals surface area contributed by atoms with E-state index in [4.69, 9.17) is 5.73 Å². The molecule has 2 unspecified atom stereocenters. The van der Waals surface area contributed by atoms with Crippen LogP contribution in [0.2, 0.25) is 0 Å². The molecule has 1 saturated heterocycles. The molecule has 1 heterocycles. The second-order valence-electron chi connectivity index (χ2n) is 6.14. The van der Waals surface area contributed by atoms with Crippen LogP contribution in [0.4, 0.5) is 11.4 Å². The van der Waals surface area contributed by atoms with E-state index in [1.165, 1.54) is 6.42 Å². The summed E-state index contributed by atoms with van der Waals surface area (Å²) in [5.41, 5.74) is 7.13. The van der Waals surface area contributed by atoms with E-state index < -0.39 is 0 Å². The average molecular weight is 290 g/mol. The molecule has 1 aromatic rings. The van der Waals surface area contributed by atoms with Gasteiger partial charge in [0.1, 0.15) is 0 Å². The van der Waals surface area contributed by atoms with Crippen molar-refractivity contribution >= 4 is 17.3 Å². The molecule has 1 aliphatic rings. The van der Waals surface area contributed by atoms with E-state index in [2.05, 4.69) is 22.2 Å². The first-order valence-electron chi connectivity index (χ1n) is 7.51. The number of carbonyl (C=O) groups is 1. The quantitative estimate of drug-likeness (QED) is 0.806. The van der Waals surface area contributed by atoms with Crippen molar-refractivity contribution in [1.29, 1.82) is 0 Å². The summed E-state index contributed by atoms with van der Waals surface area (Å²) in [6.07, 6.45) is 1.22. The highest BCUT2D eigenvalue weighted by atomic mass is 16.2. The van der Waals surface area contributed by atoms with Gasteiger partial charge in [0.25, 0.3) is 0 Å². The molecule has 2 rings (SSSR count). The highest BCUT2D eigenvalue weighted by Crippen LogP contribution is 2.17. The van der Waals surface area contributed by atoms with Crippen molar-refractivity contribution in [3.05, 3.63) is 24.3 Å². The molecule has 116 valence electrons. The molecule has 5 nitrogen and oxygen atoms in total. The van der Waals surface area contributed by atoms with Gasteiger partial charge in [-0.05, 0) is 64.2 Å². The van der Waals surface area contributed by atoms with Crippen molar-refractivity contribution < 1.29 is 4.79 Å². The Bertz CT molecular complexity index is 474. The lowest BCUT2D eigenvalue weighted by Crippen LogP contribution is -2.42. The van der Waals surface area contributed by atoms with Crippen molar-refractivity contribution in [2.75, 3.05) is 44.8 Å². The number of nitrogens with one attached hydrogen (secondary N) is 1. The molecule has 1 aliphatic heterocycles. The second kappa shape index (κ2) is 6.91. The van der Waals surface area contributed by atoms with Gasteiger partial charge in [-0.15, -0.1) is 0 Å². The lowest BCUT2D eigenvalue weighted by atomic mass is 10.1. The lowest BCUT2D eigenvalue weighted by molar-refractivity contribution is -0.120. The number of hydrogen-bond donors (Lipinski definition) is 2. The van der Waals surface area contributed by atoms with Crippen LogP contribution in [0.25, 0.3) is 0 Å². The minimum atomic E-state index is -0.145. The number of nitrogens with two attached hydrogens (primary N) is 1. The summed E-state index contributed by atoms with van der Waals surface area (Å²) in [7, 11) is 4.17. The number of hydrogen-bond acceptors (Lipinski definition) is 4. The Balaban J connectivity index is 1.84. The van der Waals surface area contributed by atoms with Crippen LogP contribution < -0.4 is 11.1 Å². The smallest absolute Gasteiger partial charge is 0.241 e. The predicted molar refractivity (Wildman–Crippen MR) is 87.2 cm³/mol. The number of likely N-dealkylation sites (N-methyl/N-ethyl adjacent to an activating group) is 1. The van der Waals surface area contributed by atoms with Crippen LogP contribution in [0, 0.1) is 5.92 Å². The maximum atomic E-state index is 12.3. The van der Waals surface area contributed by atoms with E-state index in [0.717, 1.165) is 25.3 Å². The van der Waals surface area contributed by atoms with E-state index in [-0.39, 0.29) is 11.9 Å². The number of carbonyl (C=O) groups excluding carboxylic acids is 1. The second-order valence-corrected chi connectivity index (χ2v) is 6.14. The van der Waals surface area contributed by atoms with E-state index in [0.29, 0.717) is 11.6 Å². The molecule has 2 atom stereocenters. The fraction of sp³-hybridized carbons (Fsp3) is 0.562. The fourth-order valence-corrected chi connectivity index (χ4v) is 2.75. The van der Waals surface area contributed by atoms with Gasteiger partial charge in [-0.1, -0.05) is 0 Å². The highest BCUT2D eigenvalue weighted by Gasteiger charge is 2.25. The first kappa shape index (κ1) is 15.8. The van der Waals surface area contributed by atoms with Crippen LogP contribution in [0.1, 0.15) is 13.3 Å². The molecule has 5 heteroatoms. The Morgan fingerprint density at radius 2 is 2.14 bits per heavy atom. The van der Waals surface area contributed by atoms with Gasteiger partial charge in [0, 0.05) is 24.5 Å². The maximum Gasteiger partial charge on any atom is 0.241 e. The van der Waals surface area contributed by atoms with Crippen LogP contribution in [-0.2, 0) is 4.79 Å². The molecule has 1 amide bonds. The normalized spacial score (nSPS) is 20.7. The zero-order chi connectivity index (χ0) is 15.4. The molecular formula is C16H26N4O. The van der Waals surface area contributed by atoms with Crippen LogP contribution in [0.5, 0.6) is 0 Å². The first-order valence-corrected chi connectivity index (χ1v) is 7.51.